The summed E-state index contributed by atoms with van der Waals surface area (Å²) in [6, 6.07) is 0. The maximum absolute atomic E-state index is 12.7. The molecule has 1 saturated heterocycles. The number of esters is 1. The summed E-state index contributed by atoms with van der Waals surface area (Å²) in [5.41, 5.74) is 1.00. The Morgan fingerprint density at radius 1 is 1.08 bits per heavy atom. The minimum Gasteiger partial charge on any atom is -0.456 e. The molecule has 37 heavy (non-hydrogen) atoms. The third-order valence-electron chi connectivity index (χ3n) is 7.79. The van der Waals surface area contributed by atoms with Crippen molar-refractivity contribution in [1.29, 1.82) is 0 Å². The van der Waals surface area contributed by atoms with E-state index in [1.807, 2.05) is 6.08 Å². The van der Waals surface area contributed by atoms with Gasteiger partial charge in [-0.25, -0.2) is 4.79 Å². The van der Waals surface area contributed by atoms with Gasteiger partial charge in [-0.05, 0) is 69.6 Å². The minimum absolute atomic E-state index is 0.0718. The molecule has 3 aliphatic heterocycles. The Morgan fingerprint density at radius 2 is 1.95 bits per heavy atom. The van der Waals surface area contributed by atoms with Gasteiger partial charge in [0, 0.05) is 12.5 Å². The van der Waals surface area contributed by atoms with Crippen molar-refractivity contribution in [3.63, 3.8) is 0 Å². The van der Waals surface area contributed by atoms with E-state index in [9.17, 15) is 15.0 Å². The summed E-state index contributed by atoms with van der Waals surface area (Å²) in [4.78, 5) is 12.7. The van der Waals surface area contributed by atoms with E-state index in [-0.39, 0.29) is 24.4 Å². The molecule has 7 unspecified atom stereocenters. The zero-order valence-corrected chi connectivity index (χ0v) is 22.1. The van der Waals surface area contributed by atoms with Gasteiger partial charge in [0.2, 0.25) is 0 Å². The lowest BCUT2D eigenvalue weighted by atomic mass is 9.91. The molecule has 6 heteroatoms. The predicted octanol–water partition coefficient (Wildman–Crippen LogP) is 5.12. The van der Waals surface area contributed by atoms with E-state index in [1.165, 1.54) is 6.08 Å². The Labute approximate surface area is 221 Å². The zero-order chi connectivity index (χ0) is 26.2. The molecule has 204 valence electrons. The Balaban J connectivity index is 1.44. The number of aliphatic hydroxyl groups excluding tert-OH is 2. The predicted molar refractivity (Wildman–Crippen MR) is 144 cm³/mol. The Morgan fingerprint density at radius 3 is 2.81 bits per heavy atom. The first-order valence-corrected chi connectivity index (χ1v) is 14.1. The van der Waals surface area contributed by atoms with Crippen LogP contribution < -0.4 is 0 Å². The molecule has 0 aromatic heterocycles. The van der Waals surface area contributed by atoms with Crippen molar-refractivity contribution < 1.29 is 29.2 Å². The summed E-state index contributed by atoms with van der Waals surface area (Å²) in [6.45, 7) is 6.40. The summed E-state index contributed by atoms with van der Waals surface area (Å²) in [7, 11) is 0. The maximum atomic E-state index is 12.7. The van der Waals surface area contributed by atoms with Gasteiger partial charge in [-0.3, -0.25) is 0 Å². The Hall–Kier alpha value is -1.99. The summed E-state index contributed by atoms with van der Waals surface area (Å²) in [6.07, 6.45) is 21.0. The number of aliphatic hydroxyl groups is 2. The molecule has 1 aliphatic carbocycles. The fraction of sp³-hybridized carbons (Fsp3) is 0.645. The van der Waals surface area contributed by atoms with Gasteiger partial charge in [-0.1, -0.05) is 61.6 Å². The molecule has 9 atom stereocenters. The van der Waals surface area contributed by atoms with Crippen LogP contribution in [0.15, 0.2) is 60.8 Å². The number of epoxide rings is 1. The number of fused-ring (bicyclic) bond motifs is 3. The second kappa shape index (κ2) is 13.7. The third kappa shape index (κ3) is 9.06. The number of hydrogen-bond acceptors (Lipinski definition) is 6. The van der Waals surface area contributed by atoms with Crippen LogP contribution in [0.1, 0.15) is 71.1 Å². The van der Waals surface area contributed by atoms with Crippen LogP contribution in [0.25, 0.3) is 0 Å². The number of hydrogen-bond donors (Lipinski definition) is 2. The minimum atomic E-state index is -0.946. The van der Waals surface area contributed by atoms with Crippen molar-refractivity contribution in [3.8, 4) is 0 Å². The molecular formula is C31H44O6. The summed E-state index contributed by atoms with van der Waals surface area (Å²) < 4.78 is 17.7. The molecule has 2 bridgehead atoms. The fourth-order valence-corrected chi connectivity index (χ4v) is 5.77. The van der Waals surface area contributed by atoms with E-state index < -0.39 is 24.3 Å². The van der Waals surface area contributed by atoms with Crippen molar-refractivity contribution in [1.82, 2.24) is 0 Å². The first-order chi connectivity index (χ1) is 17.9. The normalized spacial score (nSPS) is 39.6. The Kier molecular flexibility index (Phi) is 10.4. The first-order valence-electron chi connectivity index (χ1n) is 14.1. The van der Waals surface area contributed by atoms with E-state index in [0.29, 0.717) is 31.1 Å². The molecule has 0 radical (unpaired) electrons. The molecular weight excluding hydrogens is 468 g/mol. The van der Waals surface area contributed by atoms with Crippen LogP contribution in [0.5, 0.6) is 0 Å². The highest BCUT2D eigenvalue weighted by atomic mass is 16.6. The molecule has 0 aromatic carbocycles. The number of ether oxygens (including phenoxy) is 3. The molecule has 6 nitrogen and oxygen atoms in total. The molecule has 4 aliphatic rings. The number of allylic oxidation sites excluding steroid dienone is 3. The van der Waals surface area contributed by atoms with Crippen molar-refractivity contribution in [2.24, 2.45) is 11.8 Å². The number of carbonyl (C=O) groups is 1. The lowest BCUT2D eigenvalue weighted by Crippen LogP contribution is -2.32. The summed E-state index contributed by atoms with van der Waals surface area (Å²) in [5.74, 6) is 0.273. The molecule has 0 spiro atoms. The zero-order valence-electron chi connectivity index (χ0n) is 22.1. The third-order valence-corrected chi connectivity index (χ3v) is 7.79. The van der Waals surface area contributed by atoms with Gasteiger partial charge >= 0.3 is 5.97 Å². The molecule has 2 N–H and O–H groups in total. The Bertz CT molecular complexity index is 888. The molecule has 0 aromatic rings. The molecule has 1 fully saturated rings. The molecule has 0 amide bonds. The highest BCUT2D eigenvalue weighted by Crippen LogP contribution is 2.35. The van der Waals surface area contributed by atoms with Crippen LogP contribution in [0, 0.1) is 11.8 Å². The maximum Gasteiger partial charge on any atom is 0.330 e. The highest BCUT2D eigenvalue weighted by Gasteiger charge is 2.46. The number of carbonyl (C=O) groups excluding carboxylic acids is 1. The van der Waals surface area contributed by atoms with Gasteiger partial charge in [0.1, 0.15) is 18.3 Å². The quantitative estimate of drug-likeness (QED) is 0.310. The number of rotatable bonds is 3. The van der Waals surface area contributed by atoms with Gasteiger partial charge in [-0.15, -0.1) is 0 Å². The summed E-state index contributed by atoms with van der Waals surface area (Å²) >= 11 is 0. The van der Waals surface area contributed by atoms with Gasteiger partial charge in [0.05, 0.1) is 24.4 Å². The fourth-order valence-electron chi connectivity index (χ4n) is 5.77. The smallest absolute Gasteiger partial charge is 0.330 e. The monoisotopic (exact) mass is 512 g/mol. The van der Waals surface area contributed by atoms with Crippen LogP contribution in [-0.4, -0.2) is 58.9 Å². The van der Waals surface area contributed by atoms with Crippen molar-refractivity contribution in [3.05, 3.63) is 60.8 Å². The SMILES string of the molecule is C=C1CC(C)CC2CC=CC(C/C=C\C(=O)OC(C(O)/C=C/C3CC=CCCC3)C[C@@H]3OC3[C@@H](O)C1)O2. The van der Waals surface area contributed by atoms with Gasteiger partial charge in [0.15, 0.2) is 0 Å². The highest BCUT2D eigenvalue weighted by molar-refractivity contribution is 5.82. The van der Waals surface area contributed by atoms with E-state index in [4.69, 9.17) is 14.2 Å². The van der Waals surface area contributed by atoms with Crippen LogP contribution in [0.2, 0.25) is 0 Å². The van der Waals surface area contributed by atoms with E-state index >= 15 is 0 Å². The average Bonchev–Trinajstić information content (AvgIpc) is 3.65. The lowest BCUT2D eigenvalue weighted by molar-refractivity contribution is -0.148. The largest absolute Gasteiger partial charge is 0.456 e. The van der Waals surface area contributed by atoms with Gasteiger partial charge in [-0.2, -0.15) is 0 Å². The van der Waals surface area contributed by atoms with Gasteiger partial charge in [0.25, 0.3) is 0 Å². The van der Waals surface area contributed by atoms with Crippen LogP contribution in [-0.2, 0) is 19.0 Å². The topological polar surface area (TPSA) is 88.5 Å². The van der Waals surface area contributed by atoms with Crippen molar-refractivity contribution >= 4 is 5.97 Å². The van der Waals surface area contributed by atoms with Crippen LogP contribution in [0.4, 0.5) is 0 Å². The van der Waals surface area contributed by atoms with Gasteiger partial charge < -0.3 is 24.4 Å². The van der Waals surface area contributed by atoms with E-state index in [0.717, 1.165) is 50.5 Å². The van der Waals surface area contributed by atoms with E-state index in [1.54, 1.807) is 12.2 Å². The lowest BCUT2D eigenvalue weighted by Gasteiger charge is -2.28. The van der Waals surface area contributed by atoms with Crippen LogP contribution in [0.3, 0.4) is 0 Å². The molecule has 0 saturated carbocycles. The summed E-state index contributed by atoms with van der Waals surface area (Å²) in [5, 5.41) is 21.7. The molecule has 4 rings (SSSR count). The van der Waals surface area contributed by atoms with Crippen molar-refractivity contribution in [2.45, 2.75) is 114 Å². The number of cyclic esters (lactones) is 1. The van der Waals surface area contributed by atoms with Crippen molar-refractivity contribution in [2.75, 3.05) is 0 Å². The second-order valence-electron chi connectivity index (χ2n) is 11.3. The average molecular weight is 513 g/mol. The second-order valence-corrected chi connectivity index (χ2v) is 11.3. The van der Waals surface area contributed by atoms with E-state index in [2.05, 4.69) is 37.8 Å². The first kappa shape index (κ1) is 28.0. The standard InChI is InChI=1S/C31H44O6/c1-21-17-22(2)19-27(33)31-29(37-31)20-28(26(32)16-15-23-9-5-3-4-6-10-23)36-30(34)14-8-12-24-11-7-13-25(18-21)35-24/h3,5,7-8,11,14-16,21,23-29,31-33H,2,4,6,9-10,12-13,17-20H2,1H3/b14-8-,16-15+/t21?,23?,24?,25?,26?,27-,28?,29-,31?/m0/s1. The molecule has 3 heterocycles. The van der Waals surface area contributed by atoms with Crippen LogP contribution >= 0.6 is 0 Å².